The van der Waals surface area contributed by atoms with E-state index in [2.05, 4.69) is 17.6 Å². The van der Waals surface area contributed by atoms with Gasteiger partial charge in [-0.25, -0.2) is 4.79 Å². The monoisotopic (exact) mass is 734 g/mol. The first-order valence-corrected chi connectivity index (χ1v) is 20.9. The quantitative estimate of drug-likeness (QED) is 0.270. The lowest BCUT2D eigenvalue weighted by molar-refractivity contribution is -0.275. The molecule has 11 atom stereocenters. The van der Waals surface area contributed by atoms with Gasteiger partial charge in [-0.3, -0.25) is 9.59 Å². The van der Waals surface area contributed by atoms with Gasteiger partial charge in [0.1, 0.15) is 30.2 Å². The van der Waals surface area contributed by atoms with Gasteiger partial charge in [0.05, 0.1) is 30.3 Å². The molecule has 1 aromatic rings. The number of esters is 2. The maximum absolute atomic E-state index is 15.1. The minimum absolute atomic E-state index is 0.0529. The van der Waals surface area contributed by atoms with Crippen molar-refractivity contribution < 1.29 is 42.9 Å². The number of cyclic esters (lactones) is 2. The van der Waals surface area contributed by atoms with Gasteiger partial charge in [-0.1, -0.05) is 39.0 Å². The smallest absolute Gasteiger partial charge is 0.339 e. The number of hydrogen-bond acceptors (Lipinski definition) is 11. The van der Waals surface area contributed by atoms with E-state index in [1.54, 1.807) is 6.26 Å². The second-order valence-electron chi connectivity index (χ2n) is 19.3. The van der Waals surface area contributed by atoms with E-state index in [4.69, 9.17) is 23.4 Å². The van der Waals surface area contributed by atoms with Crippen LogP contribution in [0.25, 0.3) is 0 Å². The lowest BCUT2D eigenvalue weighted by Gasteiger charge is -2.70. The number of aliphatic hydroxyl groups is 1. The van der Waals surface area contributed by atoms with Crippen LogP contribution in [0.2, 0.25) is 0 Å². The van der Waals surface area contributed by atoms with Crippen LogP contribution in [0, 0.1) is 45.8 Å². The highest BCUT2D eigenvalue weighted by molar-refractivity contribution is 5.92. The van der Waals surface area contributed by atoms with Gasteiger partial charge in [-0.2, -0.15) is 0 Å². The van der Waals surface area contributed by atoms with Gasteiger partial charge in [0.25, 0.3) is 0 Å². The van der Waals surface area contributed by atoms with E-state index in [0.717, 1.165) is 75.4 Å². The van der Waals surface area contributed by atoms with Gasteiger partial charge in [0.15, 0.2) is 11.9 Å². The predicted molar refractivity (Wildman–Crippen MR) is 190 cm³/mol. The molecule has 0 radical (unpaired) electrons. The standard InChI is InChI=1S/C42H58N2O9/c1-38(2)33-32(46)34(47)41(25-7-5-4-6-8-25)29(40(33)21-50-31(45)19-30(40)52-38)15-17-39(3)35(51-37(48)36-42(39,41)53-36)26-16-18-49-28(26)14-11-23-9-12-24(13-10-23)27-20-43-22-44-27/h16,18,23-25,27,29-30,33-36,43-44,47H,4-15,17,19-22H2,1-3H3/t23?,24?,27-,29+,30-,33+,34+,35-,36+,39-,40-,41-,42+/m0/s1. The highest BCUT2D eigenvalue weighted by Crippen LogP contribution is 2.82. The summed E-state index contributed by atoms with van der Waals surface area (Å²) >= 11 is 0. The Bertz CT molecular complexity index is 1660. The number of epoxide rings is 1. The average molecular weight is 735 g/mol. The Morgan fingerprint density at radius 3 is 2.49 bits per heavy atom. The highest BCUT2D eigenvalue weighted by atomic mass is 16.7. The third-order valence-electron chi connectivity index (χ3n) is 16.9. The number of fused-ring (bicyclic) bond motifs is 1. The van der Waals surface area contributed by atoms with Crippen LogP contribution < -0.4 is 10.6 Å². The number of nitrogens with one attached hydrogen (secondary N) is 2. The first kappa shape index (κ1) is 35.1. The number of hydrogen-bond donors (Lipinski definition) is 3. The van der Waals surface area contributed by atoms with Crippen LogP contribution in [-0.4, -0.2) is 78.2 Å². The molecule has 5 aliphatic heterocycles. The zero-order chi connectivity index (χ0) is 36.5. The topological polar surface area (TPSA) is 149 Å². The minimum Gasteiger partial charge on any atom is -0.469 e. The van der Waals surface area contributed by atoms with Gasteiger partial charge in [0.2, 0.25) is 0 Å². The molecule has 9 aliphatic rings. The Morgan fingerprint density at radius 2 is 1.74 bits per heavy atom. The van der Waals surface area contributed by atoms with E-state index < -0.39 is 63.8 Å². The summed E-state index contributed by atoms with van der Waals surface area (Å²) in [5, 5.41) is 20.0. The summed E-state index contributed by atoms with van der Waals surface area (Å²) in [6.45, 7) is 8.08. The van der Waals surface area contributed by atoms with Gasteiger partial charge < -0.3 is 39.1 Å². The molecule has 0 amide bonds. The van der Waals surface area contributed by atoms with Crippen LogP contribution in [0.3, 0.4) is 0 Å². The van der Waals surface area contributed by atoms with Crippen molar-refractivity contribution in [1.29, 1.82) is 0 Å². The van der Waals surface area contributed by atoms with Crippen LogP contribution in [0.4, 0.5) is 0 Å². The molecule has 2 spiro atoms. The van der Waals surface area contributed by atoms with Crippen molar-refractivity contribution in [3.8, 4) is 0 Å². The Hall–Kier alpha value is -2.31. The molecule has 4 aliphatic carbocycles. The zero-order valence-electron chi connectivity index (χ0n) is 31.7. The second-order valence-corrected chi connectivity index (χ2v) is 19.3. The summed E-state index contributed by atoms with van der Waals surface area (Å²) in [6.07, 6.45) is 11.2. The van der Waals surface area contributed by atoms with E-state index >= 15 is 4.79 Å². The van der Waals surface area contributed by atoms with Crippen LogP contribution in [0.1, 0.15) is 122 Å². The summed E-state index contributed by atoms with van der Waals surface area (Å²) in [7, 11) is 0. The Morgan fingerprint density at radius 1 is 0.943 bits per heavy atom. The fourth-order valence-electron chi connectivity index (χ4n) is 14.9. The van der Waals surface area contributed by atoms with Crippen molar-refractivity contribution in [2.24, 2.45) is 45.8 Å². The fourth-order valence-corrected chi connectivity index (χ4v) is 14.9. The number of ketones is 1. The molecular formula is C42H58N2O9. The fraction of sp³-hybridized carbons (Fsp3) is 0.833. The van der Waals surface area contributed by atoms with Gasteiger partial charge in [-0.15, -0.1) is 0 Å². The molecule has 11 heteroatoms. The van der Waals surface area contributed by atoms with E-state index in [9.17, 15) is 14.7 Å². The number of furan rings is 1. The van der Waals surface area contributed by atoms with Crippen LogP contribution in [-0.2, 0) is 39.8 Å². The van der Waals surface area contributed by atoms with Crippen LogP contribution >= 0.6 is 0 Å². The number of aryl methyl sites for hydroxylation is 1. The Balaban J connectivity index is 1.02. The number of rotatable bonds is 6. The lowest BCUT2D eigenvalue weighted by atomic mass is 9.33. The number of aliphatic hydroxyl groups excluding tert-OH is 1. The van der Waals surface area contributed by atoms with E-state index in [0.29, 0.717) is 24.8 Å². The molecule has 290 valence electrons. The molecule has 0 unspecified atom stereocenters. The van der Waals surface area contributed by atoms with E-state index in [1.165, 1.54) is 25.7 Å². The van der Waals surface area contributed by atoms with Gasteiger partial charge in [-0.05, 0) is 88.5 Å². The molecule has 11 nitrogen and oxygen atoms in total. The highest BCUT2D eigenvalue weighted by Gasteiger charge is 2.92. The molecule has 0 aromatic carbocycles. The van der Waals surface area contributed by atoms with Crippen molar-refractivity contribution in [3.63, 3.8) is 0 Å². The summed E-state index contributed by atoms with van der Waals surface area (Å²) in [6, 6.07) is 2.56. The SMILES string of the molecule is CC1(C)O[C@H]2CC(=O)OC[C@@]23[C@@H]1C(=O)[C@@H](O)[C@]1(C2CCCCC2)[C@@H]3CC[C@@]2(C)[C@H](c3ccoc3CCC3CCC([C@@H]4CNCN4)CC3)OC(=O)[C@H]3O[C@@]312. The van der Waals surface area contributed by atoms with E-state index in [-0.39, 0.29) is 36.6 Å². The summed E-state index contributed by atoms with van der Waals surface area (Å²) < 4.78 is 32.3. The zero-order valence-corrected chi connectivity index (χ0v) is 31.7. The number of ether oxygens (including phenoxy) is 4. The molecular weight excluding hydrogens is 676 g/mol. The number of Topliss-reactive ketones (excluding diaryl/α,β-unsaturated/α-hetero) is 1. The molecule has 5 saturated heterocycles. The molecule has 10 rings (SSSR count). The first-order chi connectivity index (χ1) is 25.5. The molecule has 1 aromatic heterocycles. The molecule has 4 saturated carbocycles. The molecule has 3 N–H and O–H groups in total. The molecule has 0 bridgehead atoms. The summed E-state index contributed by atoms with van der Waals surface area (Å²) in [5.41, 5.74) is -3.76. The van der Waals surface area contributed by atoms with Crippen LogP contribution in [0.5, 0.6) is 0 Å². The maximum atomic E-state index is 15.1. The largest absolute Gasteiger partial charge is 0.469 e. The van der Waals surface area contributed by atoms with Crippen molar-refractivity contribution in [2.75, 3.05) is 19.8 Å². The molecule has 53 heavy (non-hydrogen) atoms. The second kappa shape index (κ2) is 12.1. The average Bonchev–Trinajstić information content (AvgIpc) is 3.43. The number of carbonyl (C=O) groups is 3. The van der Waals surface area contributed by atoms with Crippen LogP contribution in [0.15, 0.2) is 16.7 Å². The lowest BCUT2D eigenvalue weighted by Crippen LogP contribution is -2.79. The first-order valence-electron chi connectivity index (χ1n) is 20.9. The Labute approximate surface area is 312 Å². The number of carbonyl (C=O) groups excluding carboxylic acids is 3. The van der Waals surface area contributed by atoms with E-state index in [1.807, 2.05) is 19.9 Å². The van der Waals surface area contributed by atoms with Gasteiger partial charge in [0, 0.05) is 47.5 Å². The van der Waals surface area contributed by atoms with Crippen molar-refractivity contribution in [1.82, 2.24) is 10.6 Å². The molecule has 6 heterocycles. The maximum Gasteiger partial charge on any atom is 0.339 e. The van der Waals surface area contributed by atoms with Crippen molar-refractivity contribution in [2.45, 2.75) is 152 Å². The molecule has 9 fully saturated rings. The summed E-state index contributed by atoms with van der Waals surface area (Å²) in [5.74, 6) is 0.279. The third kappa shape index (κ3) is 4.54. The van der Waals surface area contributed by atoms with Crippen molar-refractivity contribution >= 4 is 17.7 Å². The normalized spacial score (nSPS) is 48.8. The minimum atomic E-state index is -1.35. The third-order valence-corrected chi connectivity index (χ3v) is 16.9. The van der Waals surface area contributed by atoms with Gasteiger partial charge >= 0.3 is 11.9 Å². The predicted octanol–water partition coefficient (Wildman–Crippen LogP) is 4.93. The van der Waals surface area contributed by atoms with Crippen molar-refractivity contribution in [3.05, 3.63) is 23.7 Å². The Kier molecular flexibility index (Phi) is 8.02. The summed E-state index contributed by atoms with van der Waals surface area (Å²) in [4.78, 5) is 42.3.